The molecule has 0 bridgehead atoms. The number of aryl methyl sites for hydroxylation is 1. The standard InChI is InChI=1S/C12H13N3O4S/c1-8-7-12(14-19-8)15-20(17,18)11-5-3-10(4-6-11)13-9(2)16/h3-7H,1-2H3,(H,13,16)(H,14,15)/i3D,4D,5D,6D. The SMILES string of the molecule is [2H]c1c([2H])c(S(=O)(=O)Nc2cc(C)on2)c([2H])c([2H])c1NC(C)=O. The van der Waals surface area contributed by atoms with Gasteiger partial charge in [0.15, 0.2) is 5.82 Å². The van der Waals surface area contributed by atoms with Crippen molar-refractivity contribution in [2.24, 2.45) is 0 Å². The van der Waals surface area contributed by atoms with Crippen molar-refractivity contribution >= 4 is 27.4 Å². The van der Waals surface area contributed by atoms with Gasteiger partial charge in [0.1, 0.15) is 5.76 Å². The van der Waals surface area contributed by atoms with E-state index in [1.165, 1.54) is 6.07 Å². The van der Waals surface area contributed by atoms with Crippen molar-refractivity contribution < 1.29 is 23.2 Å². The number of anilines is 2. The molecule has 8 heteroatoms. The quantitative estimate of drug-likeness (QED) is 0.895. The number of amides is 1. The van der Waals surface area contributed by atoms with E-state index in [4.69, 9.17) is 10.0 Å². The number of hydrogen-bond acceptors (Lipinski definition) is 5. The lowest BCUT2D eigenvalue weighted by molar-refractivity contribution is -0.114. The van der Waals surface area contributed by atoms with Gasteiger partial charge in [0.05, 0.1) is 10.4 Å². The first-order chi connectivity index (χ1) is 11.0. The predicted molar refractivity (Wildman–Crippen MR) is 72.8 cm³/mol. The van der Waals surface area contributed by atoms with Gasteiger partial charge in [-0.2, -0.15) is 0 Å². The van der Waals surface area contributed by atoms with Gasteiger partial charge in [-0.05, 0) is 31.1 Å². The van der Waals surface area contributed by atoms with Gasteiger partial charge in [-0.15, -0.1) is 0 Å². The Hall–Kier alpha value is -2.35. The molecular formula is C12H13N3O4S. The van der Waals surface area contributed by atoms with Crippen LogP contribution in [0.25, 0.3) is 0 Å². The Bertz CT molecular complexity index is 898. The summed E-state index contributed by atoms with van der Waals surface area (Å²) in [6, 6.07) is -1.69. The topological polar surface area (TPSA) is 101 Å². The lowest BCUT2D eigenvalue weighted by atomic mass is 10.3. The summed E-state index contributed by atoms with van der Waals surface area (Å²) in [6.45, 7) is 2.67. The first kappa shape index (κ1) is 9.54. The fourth-order valence-electron chi connectivity index (χ4n) is 1.28. The van der Waals surface area contributed by atoms with E-state index >= 15 is 0 Å². The third kappa shape index (κ3) is 3.35. The maximum atomic E-state index is 12.4. The van der Waals surface area contributed by atoms with E-state index in [0.717, 1.165) is 6.92 Å². The number of nitrogens with one attached hydrogen (secondary N) is 2. The molecule has 2 N–H and O–H groups in total. The number of aromatic nitrogens is 1. The zero-order chi connectivity index (χ0) is 18.2. The van der Waals surface area contributed by atoms with Crippen molar-refractivity contribution in [1.29, 1.82) is 0 Å². The minimum absolute atomic E-state index is 0.157. The van der Waals surface area contributed by atoms with Gasteiger partial charge in [-0.3, -0.25) is 9.52 Å². The Morgan fingerprint density at radius 3 is 2.50 bits per heavy atom. The van der Waals surface area contributed by atoms with Crippen LogP contribution in [0, 0.1) is 6.92 Å². The lowest BCUT2D eigenvalue weighted by Gasteiger charge is -2.06. The molecule has 0 fully saturated rings. The molecule has 1 aromatic heterocycles. The largest absolute Gasteiger partial charge is 0.360 e. The average Bonchev–Trinajstić information content (AvgIpc) is 2.85. The highest BCUT2D eigenvalue weighted by atomic mass is 32.2. The van der Waals surface area contributed by atoms with Gasteiger partial charge in [-0.25, -0.2) is 8.42 Å². The number of carbonyl (C=O) groups is 1. The van der Waals surface area contributed by atoms with E-state index in [2.05, 4.69) is 10.5 Å². The van der Waals surface area contributed by atoms with Crippen LogP contribution >= 0.6 is 0 Å². The lowest BCUT2D eigenvalue weighted by Crippen LogP contribution is -2.13. The molecule has 0 atom stereocenters. The van der Waals surface area contributed by atoms with Gasteiger partial charge in [0.25, 0.3) is 10.0 Å². The highest BCUT2D eigenvalue weighted by Crippen LogP contribution is 2.18. The van der Waals surface area contributed by atoms with Crippen molar-refractivity contribution in [1.82, 2.24) is 5.16 Å². The monoisotopic (exact) mass is 299 g/mol. The Morgan fingerprint density at radius 2 is 2.00 bits per heavy atom. The Labute approximate surface area is 121 Å². The molecule has 0 aliphatic carbocycles. The predicted octanol–water partition coefficient (Wildman–Crippen LogP) is 1.74. The van der Waals surface area contributed by atoms with Crippen LogP contribution in [0.15, 0.2) is 39.7 Å². The minimum atomic E-state index is -4.45. The van der Waals surface area contributed by atoms with Crippen LogP contribution in [0.5, 0.6) is 0 Å². The van der Waals surface area contributed by atoms with Gasteiger partial charge in [0.2, 0.25) is 5.91 Å². The van der Waals surface area contributed by atoms with Crippen LogP contribution < -0.4 is 10.0 Å². The first-order valence-electron chi connectivity index (χ1n) is 7.38. The van der Waals surface area contributed by atoms with E-state index in [9.17, 15) is 13.2 Å². The molecule has 2 rings (SSSR count). The summed E-state index contributed by atoms with van der Waals surface area (Å²) in [7, 11) is -4.45. The van der Waals surface area contributed by atoms with E-state index in [0.29, 0.717) is 5.76 Å². The molecule has 0 aliphatic rings. The van der Waals surface area contributed by atoms with E-state index in [-0.39, 0.29) is 5.82 Å². The summed E-state index contributed by atoms with van der Waals surface area (Å²) in [5.74, 6) is -0.425. The van der Waals surface area contributed by atoms with Gasteiger partial charge in [-0.1, -0.05) is 5.16 Å². The maximum Gasteiger partial charge on any atom is 0.263 e. The zero-order valence-corrected chi connectivity index (χ0v) is 11.4. The van der Waals surface area contributed by atoms with Crippen molar-refractivity contribution in [2.45, 2.75) is 18.7 Å². The molecule has 0 aliphatic heterocycles. The van der Waals surface area contributed by atoms with Crippen molar-refractivity contribution in [3.63, 3.8) is 0 Å². The Kier molecular flexibility index (Phi) is 2.54. The third-order valence-corrected chi connectivity index (χ3v) is 3.26. The molecule has 20 heavy (non-hydrogen) atoms. The maximum absolute atomic E-state index is 12.4. The number of benzene rings is 1. The third-order valence-electron chi connectivity index (χ3n) is 2.04. The molecule has 1 heterocycles. The molecule has 0 spiro atoms. The minimum Gasteiger partial charge on any atom is -0.360 e. The van der Waals surface area contributed by atoms with Crippen LogP contribution in [0.2, 0.25) is 0 Å². The Morgan fingerprint density at radius 1 is 1.35 bits per heavy atom. The fourth-order valence-corrected chi connectivity index (χ4v) is 2.12. The van der Waals surface area contributed by atoms with E-state index in [1.54, 1.807) is 6.92 Å². The number of nitrogens with zero attached hydrogens (tertiary/aromatic N) is 1. The van der Waals surface area contributed by atoms with E-state index < -0.39 is 50.7 Å². The highest BCUT2D eigenvalue weighted by Gasteiger charge is 2.16. The first-order valence-corrected chi connectivity index (χ1v) is 6.87. The molecule has 2 aromatic rings. The van der Waals surface area contributed by atoms with Crippen molar-refractivity contribution in [3.8, 4) is 0 Å². The number of sulfonamides is 1. The fraction of sp³-hybridized carbons (Fsp3) is 0.167. The summed E-state index contributed by atoms with van der Waals surface area (Å²) in [5, 5.41) is 5.61. The van der Waals surface area contributed by atoms with Gasteiger partial charge in [0, 0.05) is 18.7 Å². The summed E-state index contributed by atoms with van der Waals surface area (Å²) in [6.07, 6.45) is 0. The van der Waals surface area contributed by atoms with Crippen LogP contribution in [0.4, 0.5) is 11.5 Å². The van der Waals surface area contributed by atoms with Gasteiger partial charge < -0.3 is 9.84 Å². The Balaban J connectivity index is 2.60. The molecule has 106 valence electrons. The molecule has 7 nitrogen and oxygen atoms in total. The average molecular weight is 299 g/mol. The van der Waals surface area contributed by atoms with Crippen LogP contribution in [0.1, 0.15) is 18.2 Å². The summed E-state index contributed by atoms with van der Waals surface area (Å²) >= 11 is 0. The highest BCUT2D eigenvalue weighted by molar-refractivity contribution is 7.92. The van der Waals surface area contributed by atoms with Crippen molar-refractivity contribution in [2.75, 3.05) is 10.0 Å². The molecule has 0 saturated heterocycles. The summed E-state index contributed by atoms with van der Waals surface area (Å²) in [4.78, 5) is 10.3. The second-order valence-corrected chi connectivity index (χ2v) is 5.43. The van der Waals surface area contributed by atoms with Crippen LogP contribution in [-0.4, -0.2) is 19.5 Å². The summed E-state index contributed by atoms with van der Waals surface area (Å²) in [5.41, 5.74) is -0.395. The number of carbonyl (C=O) groups excluding carboxylic acids is 1. The van der Waals surface area contributed by atoms with Gasteiger partial charge >= 0.3 is 0 Å². The molecule has 0 radical (unpaired) electrons. The molecule has 0 saturated carbocycles. The smallest absolute Gasteiger partial charge is 0.263 e. The number of hydrogen-bond donors (Lipinski definition) is 2. The molecule has 1 aromatic carbocycles. The molecule has 0 unspecified atom stereocenters. The molecule has 1 amide bonds. The van der Waals surface area contributed by atoms with Crippen LogP contribution in [0.3, 0.4) is 0 Å². The normalized spacial score (nSPS) is 13.9. The van der Waals surface area contributed by atoms with Crippen molar-refractivity contribution in [3.05, 3.63) is 36.0 Å². The zero-order valence-electron chi connectivity index (χ0n) is 14.6. The van der Waals surface area contributed by atoms with E-state index in [1.807, 2.05) is 4.72 Å². The second-order valence-electron chi connectivity index (χ2n) is 3.81. The van der Waals surface area contributed by atoms with Crippen LogP contribution in [-0.2, 0) is 14.8 Å². The number of rotatable bonds is 4. The molecular weight excluding hydrogens is 282 g/mol. The second kappa shape index (κ2) is 5.33. The summed E-state index contributed by atoms with van der Waals surface area (Å²) < 4.78 is 62.8.